The number of ether oxygens (including phenoxy) is 6. The van der Waals surface area contributed by atoms with Crippen molar-refractivity contribution >= 4 is 37.3 Å². The summed E-state index contributed by atoms with van der Waals surface area (Å²) < 4.78 is 37.1. The maximum atomic E-state index is 6.38. The third-order valence-corrected chi connectivity index (χ3v) is 13.0. The van der Waals surface area contributed by atoms with Crippen LogP contribution in [0.15, 0.2) is 66.4 Å². The van der Waals surface area contributed by atoms with Crippen molar-refractivity contribution in [2.45, 2.75) is 153 Å². The van der Waals surface area contributed by atoms with Crippen molar-refractivity contribution in [1.29, 1.82) is 0 Å². The van der Waals surface area contributed by atoms with E-state index in [0.29, 0.717) is 37.1 Å². The molecule has 3 saturated carbocycles. The number of hydrogen-bond acceptors (Lipinski definition) is 12. The smallest absolute Gasteiger partial charge is 0.128 e. The first kappa shape index (κ1) is 48.4. The summed E-state index contributed by atoms with van der Waals surface area (Å²) in [7, 11) is 5.11. The zero-order valence-corrected chi connectivity index (χ0v) is 40.3. The first-order valence-electron chi connectivity index (χ1n) is 24.7. The van der Waals surface area contributed by atoms with Crippen LogP contribution in [0, 0.1) is 0 Å². The van der Waals surface area contributed by atoms with Gasteiger partial charge in [-0.2, -0.15) is 0 Å². The van der Waals surface area contributed by atoms with E-state index in [1.54, 1.807) is 21.3 Å². The van der Waals surface area contributed by atoms with Crippen LogP contribution in [0.25, 0.3) is 0 Å². The molecule has 12 nitrogen and oxygen atoms in total. The van der Waals surface area contributed by atoms with Crippen LogP contribution >= 0.6 is 0 Å². The van der Waals surface area contributed by atoms with Crippen LogP contribution in [-0.4, -0.2) is 115 Å². The summed E-state index contributed by atoms with van der Waals surface area (Å²) in [5.41, 5.74) is 5.19. The number of nitrogens with zero attached hydrogens (tertiary/aromatic N) is 6. The summed E-state index contributed by atoms with van der Waals surface area (Å²) in [6.07, 6.45) is 26.6. The second-order valence-electron chi connectivity index (χ2n) is 17.9. The normalized spacial score (nSPS) is 23.2. The van der Waals surface area contributed by atoms with Gasteiger partial charge in [-0.1, -0.05) is 59.3 Å². The topological polar surface area (TPSA) is 130 Å². The first-order valence-corrected chi connectivity index (χ1v) is 24.7. The predicted molar refractivity (Wildman–Crippen MR) is 270 cm³/mol. The van der Waals surface area contributed by atoms with E-state index in [4.69, 9.17) is 58.4 Å². The Hall–Kier alpha value is -5.52. The molecule has 6 aliphatic heterocycles. The van der Waals surface area contributed by atoms with Gasteiger partial charge < -0.3 is 28.4 Å². The van der Waals surface area contributed by atoms with Crippen LogP contribution in [0.5, 0.6) is 34.5 Å². The Bertz CT molecular complexity index is 1990. The minimum atomic E-state index is 0.0117. The Kier molecular flexibility index (Phi) is 18.2. The second-order valence-corrected chi connectivity index (χ2v) is 17.9. The molecule has 0 aromatic heterocycles. The average Bonchev–Trinajstić information content (AvgIpc) is 3.35. The minimum absolute atomic E-state index is 0.0117. The summed E-state index contributed by atoms with van der Waals surface area (Å²) in [4.78, 5) is 31.2. The van der Waals surface area contributed by atoms with Crippen LogP contribution in [0.4, 0.5) is 0 Å². The van der Waals surface area contributed by atoms with Crippen LogP contribution in [-0.2, 0) is 0 Å². The average molecular weight is 901 g/mol. The van der Waals surface area contributed by atoms with Crippen molar-refractivity contribution < 1.29 is 28.4 Å². The predicted octanol–water partition coefficient (Wildman–Crippen LogP) is 10.9. The molecular formula is C54H72N6O6. The van der Waals surface area contributed by atoms with Crippen LogP contribution < -0.4 is 28.4 Å². The number of hydrogen-bond donors (Lipinski definition) is 0. The molecule has 0 unspecified atom stereocenters. The molecule has 6 heterocycles. The van der Waals surface area contributed by atoms with E-state index < -0.39 is 0 Å². The number of benzene rings is 3. The van der Waals surface area contributed by atoms with Gasteiger partial charge in [0, 0.05) is 70.7 Å². The summed E-state index contributed by atoms with van der Waals surface area (Å²) >= 11 is 0. The summed E-state index contributed by atoms with van der Waals surface area (Å²) in [6.45, 7) is 8.09. The summed E-state index contributed by atoms with van der Waals surface area (Å²) in [5, 5.41) is 0. The number of rotatable bonds is 12. The second kappa shape index (κ2) is 24.8. The highest BCUT2D eigenvalue weighted by atomic mass is 16.5. The monoisotopic (exact) mass is 901 g/mol. The molecule has 354 valence electrons. The molecule has 12 heteroatoms. The van der Waals surface area contributed by atoms with Crippen LogP contribution in [0.3, 0.4) is 0 Å². The quantitative estimate of drug-likeness (QED) is 0.178. The van der Waals surface area contributed by atoms with Gasteiger partial charge in [0.05, 0.1) is 77.4 Å². The SMILES string of the molecule is CCCOc1cc2c(OC)cc1C=N[C@@H]1CCCC[C@@H]1N=Cc1cc(OCCC)c(cc1OC)C=N[C@@H]1CCCC[C@H]1N=Cc1cc(OCCC)c(cc1OC)C=N[C@@H]1CCCC[C@H]1N=C2. The minimum Gasteiger partial charge on any atom is -0.496 e. The van der Waals surface area contributed by atoms with Gasteiger partial charge >= 0.3 is 0 Å². The van der Waals surface area contributed by atoms with E-state index >= 15 is 0 Å². The molecule has 9 aliphatic rings. The Labute approximate surface area is 393 Å². The Morgan fingerprint density at radius 1 is 0.333 bits per heavy atom. The van der Waals surface area contributed by atoms with Gasteiger partial charge in [-0.25, -0.2) is 0 Å². The molecule has 3 aliphatic carbocycles. The van der Waals surface area contributed by atoms with E-state index in [0.717, 1.165) is 147 Å². The van der Waals surface area contributed by atoms with Crippen molar-refractivity contribution in [2.75, 3.05) is 41.2 Å². The van der Waals surface area contributed by atoms with E-state index in [2.05, 4.69) is 20.8 Å². The molecule has 6 bridgehead atoms. The van der Waals surface area contributed by atoms with Crippen molar-refractivity contribution in [1.82, 2.24) is 0 Å². The zero-order chi connectivity index (χ0) is 46.1. The Morgan fingerprint density at radius 3 is 0.727 bits per heavy atom. The fourth-order valence-electron chi connectivity index (χ4n) is 9.30. The molecule has 0 N–H and O–H groups in total. The molecule has 6 atom stereocenters. The fraction of sp³-hybridized carbons (Fsp3) is 0.556. The maximum absolute atomic E-state index is 6.38. The van der Waals surface area contributed by atoms with Crippen LogP contribution in [0.2, 0.25) is 0 Å². The highest BCUT2D eigenvalue weighted by molar-refractivity contribution is 5.93. The van der Waals surface area contributed by atoms with Crippen molar-refractivity contribution in [2.24, 2.45) is 30.0 Å². The maximum Gasteiger partial charge on any atom is 0.128 e. The van der Waals surface area contributed by atoms with E-state index in [1.165, 1.54) is 0 Å². The van der Waals surface area contributed by atoms with Gasteiger partial charge in [-0.15, -0.1) is 0 Å². The third-order valence-electron chi connectivity index (χ3n) is 13.0. The molecule has 0 radical (unpaired) electrons. The van der Waals surface area contributed by atoms with E-state index in [1.807, 2.05) is 73.7 Å². The Morgan fingerprint density at radius 2 is 0.530 bits per heavy atom. The lowest BCUT2D eigenvalue weighted by Crippen LogP contribution is -2.27. The van der Waals surface area contributed by atoms with Crippen molar-refractivity contribution in [3.05, 3.63) is 69.8 Å². The fourth-order valence-corrected chi connectivity index (χ4v) is 9.30. The van der Waals surface area contributed by atoms with Crippen molar-refractivity contribution in [3.63, 3.8) is 0 Å². The number of aliphatic imine (C=N–C) groups is 6. The highest BCUT2D eigenvalue weighted by Gasteiger charge is 2.27. The van der Waals surface area contributed by atoms with Gasteiger partial charge in [0.1, 0.15) is 34.5 Å². The van der Waals surface area contributed by atoms with Crippen LogP contribution in [0.1, 0.15) is 150 Å². The van der Waals surface area contributed by atoms with Gasteiger partial charge in [-0.3, -0.25) is 30.0 Å². The molecule has 66 heavy (non-hydrogen) atoms. The standard InChI is InChI=1S/C54H72N6O6/c1-7-22-64-52-28-37-31-55-44-17-11-14-20-47(44)59-35-41-26-51(63-6)39(30-54(41)66-24-9-3)33-57-45-18-12-15-21-48(45)60-36-42-27-50(62-5)38(29-53(42)65-23-8-2)32-56-43-16-10-13-19-46(43)58-34-40(52)25-49(37)61-4/h25-36,43-48H,7-24H2,1-6H3/t43-,44-,45+,46-,47-,48-/m1/s1. The molecule has 3 fully saturated rings. The Balaban J connectivity index is 1.33. The molecular weight excluding hydrogens is 829 g/mol. The first-order chi connectivity index (χ1) is 32.4. The summed E-state index contributed by atoms with van der Waals surface area (Å²) in [6, 6.07) is 12.3. The number of methoxy groups -OCH3 is 3. The van der Waals surface area contributed by atoms with Gasteiger partial charge in [0.2, 0.25) is 0 Å². The lowest BCUT2D eigenvalue weighted by Gasteiger charge is -2.26. The molecule has 0 saturated heterocycles. The lowest BCUT2D eigenvalue weighted by molar-refractivity contribution is 0.316. The highest BCUT2D eigenvalue weighted by Crippen LogP contribution is 2.34. The lowest BCUT2D eigenvalue weighted by atomic mass is 9.91. The zero-order valence-electron chi connectivity index (χ0n) is 40.3. The molecule has 0 amide bonds. The molecule has 12 rings (SSSR count). The molecule has 3 aromatic carbocycles. The van der Waals surface area contributed by atoms with E-state index in [9.17, 15) is 0 Å². The van der Waals surface area contributed by atoms with Crippen molar-refractivity contribution in [3.8, 4) is 34.5 Å². The largest absolute Gasteiger partial charge is 0.496 e. The van der Waals surface area contributed by atoms with Gasteiger partial charge in [0.25, 0.3) is 0 Å². The van der Waals surface area contributed by atoms with E-state index in [-0.39, 0.29) is 36.3 Å². The molecule has 3 aromatic rings. The van der Waals surface area contributed by atoms with Gasteiger partial charge in [0.15, 0.2) is 0 Å². The molecule has 0 spiro atoms. The third kappa shape index (κ3) is 12.7. The van der Waals surface area contributed by atoms with Gasteiger partial charge in [-0.05, 0) is 94.2 Å². The summed E-state index contributed by atoms with van der Waals surface area (Å²) in [5.74, 6) is 4.41.